The summed E-state index contributed by atoms with van der Waals surface area (Å²) in [6.07, 6.45) is 4.54. The van der Waals surface area contributed by atoms with Crippen molar-refractivity contribution in [3.8, 4) is 5.75 Å². The van der Waals surface area contributed by atoms with Crippen LogP contribution in [0.15, 0.2) is 97.9 Å². The molecule has 0 spiro atoms. The third-order valence-electron chi connectivity index (χ3n) is 8.17. The number of aromatic hydroxyl groups is 1. The first kappa shape index (κ1) is 30.6. The number of benzene rings is 3. The van der Waals surface area contributed by atoms with E-state index in [1.54, 1.807) is 42.5 Å². The molecule has 1 saturated carbocycles. The lowest BCUT2D eigenvalue weighted by Gasteiger charge is -2.21. The fourth-order valence-electron chi connectivity index (χ4n) is 5.82. The molecule has 1 fully saturated rings. The van der Waals surface area contributed by atoms with Crippen molar-refractivity contribution in [3.63, 3.8) is 0 Å². The van der Waals surface area contributed by atoms with Gasteiger partial charge in [0.15, 0.2) is 5.78 Å². The predicted octanol–water partition coefficient (Wildman–Crippen LogP) is 5.79. The number of sulfonamides is 2. The first-order valence-electron chi connectivity index (χ1n) is 14.8. The minimum absolute atomic E-state index is 0.0135. The summed E-state index contributed by atoms with van der Waals surface area (Å²) >= 11 is 0. The van der Waals surface area contributed by atoms with Crippen LogP contribution < -0.4 is 15.1 Å². The molecule has 1 heterocycles. The van der Waals surface area contributed by atoms with Crippen molar-refractivity contribution < 1.29 is 31.2 Å². The van der Waals surface area contributed by atoms with E-state index in [1.165, 1.54) is 36.4 Å². The molecule has 234 valence electrons. The molecule has 1 aromatic heterocycles. The highest BCUT2D eigenvalue weighted by atomic mass is 32.2. The van der Waals surface area contributed by atoms with Gasteiger partial charge in [-0.25, -0.2) is 21.6 Å². The summed E-state index contributed by atoms with van der Waals surface area (Å²) in [4.78, 5) is 26.2. The molecule has 10 nitrogen and oxygen atoms in total. The second-order valence-corrected chi connectivity index (χ2v) is 14.8. The fraction of sp³-hybridized carbons (Fsp3) is 0.273. The van der Waals surface area contributed by atoms with Gasteiger partial charge in [-0.15, -0.1) is 0 Å². The minimum Gasteiger partial charge on any atom is -0.506 e. The second kappa shape index (κ2) is 12.2. The van der Waals surface area contributed by atoms with Gasteiger partial charge in [0.05, 0.1) is 20.9 Å². The van der Waals surface area contributed by atoms with Gasteiger partial charge in [-0.3, -0.25) is 14.2 Å². The Hall–Kier alpha value is -4.42. The monoisotopic (exact) mass is 648 g/mol. The Labute approximate surface area is 261 Å². The number of aryl methyl sites for hydroxylation is 1. The van der Waals surface area contributed by atoms with Crippen LogP contribution in [0.4, 0.5) is 11.4 Å². The number of anilines is 2. The van der Waals surface area contributed by atoms with Crippen molar-refractivity contribution in [2.75, 3.05) is 9.44 Å². The Balaban J connectivity index is 1.26. The summed E-state index contributed by atoms with van der Waals surface area (Å²) in [7, 11) is -7.93. The van der Waals surface area contributed by atoms with Crippen molar-refractivity contribution in [2.45, 2.75) is 60.7 Å². The van der Waals surface area contributed by atoms with E-state index in [2.05, 4.69) is 9.44 Å². The summed E-state index contributed by atoms with van der Waals surface area (Å²) in [5.41, 5.74) is 0.452. The average molecular weight is 649 g/mol. The topological polar surface area (TPSA) is 160 Å². The number of carbonyl (C=O) groups excluding carboxylic acids is 1. The number of ketones is 1. The Morgan fingerprint density at radius 3 is 2.07 bits per heavy atom. The molecule has 0 aliphatic heterocycles. The summed E-state index contributed by atoms with van der Waals surface area (Å²) in [6.45, 7) is 0. The van der Waals surface area contributed by atoms with Crippen LogP contribution in [0.2, 0.25) is 0 Å². The van der Waals surface area contributed by atoms with Gasteiger partial charge >= 0.3 is 5.63 Å². The highest BCUT2D eigenvalue weighted by molar-refractivity contribution is 7.93. The molecule has 2 aliphatic carbocycles. The maximum Gasteiger partial charge on any atom is 0.343 e. The average Bonchev–Trinajstić information content (AvgIpc) is 3.84. The van der Waals surface area contributed by atoms with Crippen LogP contribution in [0.3, 0.4) is 0 Å². The van der Waals surface area contributed by atoms with Crippen molar-refractivity contribution >= 4 is 37.2 Å². The number of carbonyl (C=O) groups is 1. The summed E-state index contributed by atoms with van der Waals surface area (Å²) in [6, 6.07) is 19.7. The van der Waals surface area contributed by atoms with Crippen LogP contribution in [0.1, 0.15) is 71.7 Å². The lowest BCUT2D eigenvalue weighted by atomic mass is 9.85. The molecule has 12 heteroatoms. The fourth-order valence-corrected chi connectivity index (χ4v) is 7.95. The Bertz CT molecular complexity index is 2020. The molecular weight excluding hydrogens is 617 g/mol. The molecule has 4 aromatic rings. The number of hydrogen-bond acceptors (Lipinski definition) is 8. The smallest absolute Gasteiger partial charge is 0.343 e. The van der Waals surface area contributed by atoms with E-state index in [1.807, 2.05) is 0 Å². The van der Waals surface area contributed by atoms with Gasteiger partial charge in [0, 0.05) is 30.1 Å². The van der Waals surface area contributed by atoms with Gasteiger partial charge in [-0.2, -0.15) is 0 Å². The highest BCUT2D eigenvalue weighted by Crippen LogP contribution is 2.49. The number of rotatable bonds is 9. The molecule has 6 rings (SSSR count). The van der Waals surface area contributed by atoms with E-state index in [4.69, 9.17) is 4.42 Å². The number of fused-ring (bicyclic) bond motifs is 1. The summed E-state index contributed by atoms with van der Waals surface area (Å²) in [5, 5.41) is 11.3. The van der Waals surface area contributed by atoms with Crippen LogP contribution >= 0.6 is 0 Å². The maximum absolute atomic E-state index is 13.3. The Kier molecular flexibility index (Phi) is 8.27. The van der Waals surface area contributed by atoms with Crippen molar-refractivity contribution in [1.29, 1.82) is 0 Å². The molecular formula is C33H32N2O8S2. The molecule has 2 aliphatic rings. The molecule has 3 N–H and O–H groups in total. The van der Waals surface area contributed by atoms with Crippen molar-refractivity contribution in [1.82, 2.24) is 0 Å². The summed E-state index contributed by atoms with van der Waals surface area (Å²) in [5.74, 6) is -0.937. The largest absolute Gasteiger partial charge is 0.506 e. The van der Waals surface area contributed by atoms with Gasteiger partial charge in [-0.05, 0) is 85.7 Å². The highest BCUT2D eigenvalue weighted by Gasteiger charge is 2.39. The zero-order valence-corrected chi connectivity index (χ0v) is 25.9. The summed E-state index contributed by atoms with van der Waals surface area (Å²) < 4.78 is 62.5. The molecule has 1 atom stereocenters. The minimum atomic E-state index is -4.08. The standard InChI is InChI=1S/C33H32N2O8S2/c36-27-12-5-2-6-13-28-30(27)32(37)31(33(38)43-28)29(21-14-15-21)22-8-7-9-24(20-22)35-45(41,42)26-18-16-23(17-19-26)34-44(39,40)25-10-3-1-4-11-25/h1,3-4,7-11,16-21,29,34-35,37H,2,5-6,12-15H2. The van der Waals surface area contributed by atoms with E-state index in [9.17, 15) is 31.5 Å². The zero-order chi connectivity index (χ0) is 31.8. The van der Waals surface area contributed by atoms with Crippen LogP contribution in [0, 0.1) is 5.92 Å². The normalized spacial score (nSPS) is 16.2. The predicted molar refractivity (Wildman–Crippen MR) is 169 cm³/mol. The van der Waals surface area contributed by atoms with E-state index < -0.39 is 31.6 Å². The second-order valence-electron chi connectivity index (χ2n) is 11.4. The lowest BCUT2D eigenvalue weighted by molar-refractivity contribution is 0.0968. The van der Waals surface area contributed by atoms with Crippen LogP contribution in [-0.4, -0.2) is 27.7 Å². The quantitative estimate of drug-likeness (QED) is 0.206. The number of hydrogen-bond donors (Lipinski definition) is 3. The Morgan fingerprint density at radius 2 is 1.38 bits per heavy atom. The first-order valence-corrected chi connectivity index (χ1v) is 17.7. The molecule has 0 amide bonds. The SMILES string of the molecule is O=C1CCCCCc2oc(=O)c(C(c3cccc(NS(=O)(=O)c4ccc(NS(=O)(=O)c5ccccc5)cc4)c3)C3CC3)c(O)c21. The molecule has 0 saturated heterocycles. The molecule has 45 heavy (non-hydrogen) atoms. The first-order chi connectivity index (χ1) is 21.5. The Morgan fingerprint density at radius 1 is 0.733 bits per heavy atom. The van der Waals surface area contributed by atoms with Gasteiger partial charge < -0.3 is 9.52 Å². The van der Waals surface area contributed by atoms with E-state index in [-0.39, 0.29) is 61.9 Å². The van der Waals surface area contributed by atoms with Crippen LogP contribution in [-0.2, 0) is 26.5 Å². The number of nitrogens with one attached hydrogen (secondary N) is 2. The van der Waals surface area contributed by atoms with Crippen LogP contribution in [0.5, 0.6) is 5.75 Å². The third kappa shape index (κ3) is 6.52. The molecule has 3 aromatic carbocycles. The van der Waals surface area contributed by atoms with Crippen LogP contribution in [0.25, 0.3) is 0 Å². The van der Waals surface area contributed by atoms with E-state index >= 15 is 0 Å². The third-order valence-corrected chi connectivity index (χ3v) is 11.0. The van der Waals surface area contributed by atoms with Gasteiger partial charge in [0.25, 0.3) is 20.0 Å². The molecule has 0 radical (unpaired) electrons. The molecule has 0 bridgehead atoms. The lowest BCUT2D eigenvalue weighted by Crippen LogP contribution is -2.21. The van der Waals surface area contributed by atoms with Gasteiger partial charge in [0.1, 0.15) is 11.5 Å². The van der Waals surface area contributed by atoms with E-state index in [0.717, 1.165) is 25.7 Å². The number of Topliss-reactive ketones (excluding diaryl/α,β-unsaturated/α-hetero) is 1. The maximum atomic E-state index is 13.3. The van der Waals surface area contributed by atoms with Gasteiger partial charge in [0.2, 0.25) is 0 Å². The zero-order valence-electron chi connectivity index (χ0n) is 24.2. The van der Waals surface area contributed by atoms with Crippen molar-refractivity contribution in [3.05, 3.63) is 112 Å². The molecule has 1 unspecified atom stereocenters. The van der Waals surface area contributed by atoms with Crippen molar-refractivity contribution in [2.24, 2.45) is 5.92 Å². The van der Waals surface area contributed by atoms with Gasteiger partial charge in [-0.1, -0.05) is 36.8 Å². The van der Waals surface area contributed by atoms with E-state index in [0.29, 0.717) is 18.4 Å².